The minimum absolute atomic E-state index is 0. The van der Waals surface area contributed by atoms with Crippen LogP contribution in [0.2, 0.25) is 0 Å². The van der Waals surface area contributed by atoms with E-state index in [1.165, 1.54) is 0 Å². The molecule has 1 aromatic rings. The van der Waals surface area contributed by atoms with Gasteiger partial charge < -0.3 is 21.1 Å². The number of carbonyl (C=O) groups is 2. The van der Waals surface area contributed by atoms with E-state index in [0.29, 0.717) is 31.7 Å². The predicted molar refractivity (Wildman–Crippen MR) is 95.3 cm³/mol. The Morgan fingerprint density at radius 2 is 2.04 bits per heavy atom. The fraction of sp³-hybridized carbons (Fsp3) is 0.529. The second kappa shape index (κ2) is 10.3. The summed E-state index contributed by atoms with van der Waals surface area (Å²) in [4.78, 5) is 23.7. The van der Waals surface area contributed by atoms with E-state index in [1.807, 2.05) is 18.2 Å². The SMILES string of the molecule is CNC(=O)c1cccc(CCNC(=O)C(N)C2CCOCC2)c1.Cl. The normalized spacial score (nSPS) is 15.9. The monoisotopic (exact) mass is 355 g/mol. The van der Waals surface area contributed by atoms with Gasteiger partial charge in [-0.25, -0.2) is 0 Å². The molecule has 1 saturated heterocycles. The topological polar surface area (TPSA) is 93.5 Å². The Labute approximate surface area is 148 Å². The standard InChI is InChI=1S/C17H25N3O3.ClH/c1-19-16(21)14-4-2-3-12(11-14)5-8-20-17(22)15(18)13-6-9-23-10-7-13;/h2-4,11,13,15H,5-10,18H2,1H3,(H,19,21)(H,20,22);1H. The van der Waals surface area contributed by atoms with E-state index in [-0.39, 0.29) is 30.1 Å². The van der Waals surface area contributed by atoms with Gasteiger partial charge in [-0.05, 0) is 42.9 Å². The van der Waals surface area contributed by atoms with Crippen LogP contribution in [0.4, 0.5) is 0 Å². The summed E-state index contributed by atoms with van der Waals surface area (Å²) in [6.45, 7) is 1.86. The number of benzene rings is 1. The Balaban J connectivity index is 0.00000288. The number of ether oxygens (including phenoxy) is 1. The second-order valence-corrected chi connectivity index (χ2v) is 5.80. The summed E-state index contributed by atoms with van der Waals surface area (Å²) in [6, 6.07) is 6.91. The quantitative estimate of drug-likeness (QED) is 0.706. The first-order valence-corrected chi connectivity index (χ1v) is 8.04. The van der Waals surface area contributed by atoms with Crippen molar-refractivity contribution in [3.8, 4) is 0 Å². The number of carbonyl (C=O) groups excluding carboxylic acids is 2. The van der Waals surface area contributed by atoms with Crippen LogP contribution in [0.3, 0.4) is 0 Å². The lowest BCUT2D eigenvalue weighted by Gasteiger charge is -2.26. The largest absolute Gasteiger partial charge is 0.381 e. The van der Waals surface area contributed by atoms with Gasteiger partial charge in [-0.15, -0.1) is 12.4 Å². The lowest BCUT2D eigenvalue weighted by molar-refractivity contribution is -0.124. The molecule has 1 aliphatic heterocycles. The number of nitrogens with one attached hydrogen (secondary N) is 2. The summed E-state index contributed by atoms with van der Waals surface area (Å²) in [7, 11) is 1.60. The Morgan fingerprint density at radius 1 is 1.33 bits per heavy atom. The van der Waals surface area contributed by atoms with E-state index in [4.69, 9.17) is 10.5 Å². The molecule has 1 aromatic carbocycles. The molecule has 0 aliphatic carbocycles. The smallest absolute Gasteiger partial charge is 0.251 e. The van der Waals surface area contributed by atoms with Crippen molar-refractivity contribution in [1.82, 2.24) is 10.6 Å². The van der Waals surface area contributed by atoms with Crippen LogP contribution in [0, 0.1) is 5.92 Å². The van der Waals surface area contributed by atoms with Crippen LogP contribution in [-0.4, -0.2) is 44.7 Å². The van der Waals surface area contributed by atoms with E-state index < -0.39 is 6.04 Å². The summed E-state index contributed by atoms with van der Waals surface area (Å²) < 4.78 is 5.29. The summed E-state index contributed by atoms with van der Waals surface area (Å²) in [6.07, 6.45) is 2.34. The third-order valence-corrected chi connectivity index (χ3v) is 4.21. The van der Waals surface area contributed by atoms with Crippen LogP contribution in [0.1, 0.15) is 28.8 Å². The van der Waals surface area contributed by atoms with Crippen molar-refractivity contribution in [2.75, 3.05) is 26.8 Å². The molecule has 1 atom stereocenters. The third-order valence-electron chi connectivity index (χ3n) is 4.21. The predicted octanol–water partition coefficient (Wildman–Crippen LogP) is 0.881. The Bertz CT molecular complexity index is 548. The average molecular weight is 356 g/mol. The zero-order chi connectivity index (χ0) is 16.7. The van der Waals surface area contributed by atoms with Gasteiger partial charge in [0.05, 0.1) is 6.04 Å². The van der Waals surface area contributed by atoms with Crippen LogP contribution in [0.25, 0.3) is 0 Å². The summed E-state index contributed by atoms with van der Waals surface area (Å²) in [5, 5.41) is 5.48. The number of hydrogen-bond acceptors (Lipinski definition) is 4. The third kappa shape index (κ3) is 5.78. The molecule has 1 aliphatic rings. The molecule has 2 amide bonds. The highest BCUT2D eigenvalue weighted by atomic mass is 35.5. The van der Waals surface area contributed by atoms with Gasteiger partial charge in [0, 0.05) is 32.4 Å². The molecule has 24 heavy (non-hydrogen) atoms. The maximum atomic E-state index is 12.1. The number of nitrogens with two attached hydrogens (primary N) is 1. The lowest BCUT2D eigenvalue weighted by Crippen LogP contribution is -2.47. The molecule has 2 rings (SSSR count). The van der Waals surface area contributed by atoms with Gasteiger partial charge >= 0.3 is 0 Å². The van der Waals surface area contributed by atoms with Crippen LogP contribution in [0.5, 0.6) is 0 Å². The van der Waals surface area contributed by atoms with Gasteiger partial charge in [-0.2, -0.15) is 0 Å². The van der Waals surface area contributed by atoms with Crippen molar-refractivity contribution >= 4 is 24.2 Å². The van der Waals surface area contributed by atoms with Gasteiger partial charge in [0.15, 0.2) is 0 Å². The molecular weight excluding hydrogens is 330 g/mol. The van der Waals surface area contributed by atoms with E-state index in [2.05, 4.69) is 10.6 Å². The molecule has 134 valence electrons. The minimum Gasteiger partial charge on any atom is -0.381 e. The molecule has 0 bridgehead atoms. The van der Waals surface area contributed by atoms with E-state index in [0.717, 1.165) is 18.4 Å². The first-order valence-electron chi connectivity index (χ1n) is 8.04. The van der Waals surface area contributed by atoms with Gasteiger partial charge in [0.1, 0.15) is 0 Å². The Morgan fingerprint density at radius 3 is 2.71 bits per heavy atom. The van der Waals surface area contributed by atoms with Gasteiger partial charge in [0.25, 0.3) is 5.91 Å². The number of halogens is 1. The summed E-state index contributed by atoms with van der Waals surface area (Å²) >= 11 is 0. The first-order chi connectivity index (χ1) is 11.1. The van der Waals surface area contributed by atoms with Crippen molar-refractivity contribution in [3.05, 3.63) is 35.4 Å². The average Bonchev–Trinajstić information content (AvgIpc) is 2.61. The van der Waals surface area contributed by atoms with E-state index in [9.17, 15) is 9.59 Å². The molecule has 0 aromatic heterocycles. The molecule has 0 radical (unpaired) electrons. The zero-order valence-corrected chi connectivity index (χ0v) is 14.7. The van der Waals surface area contributed by atoms with E-state index in [1.54, 1.807) is 13.1 Å². The fourth-order valence-electron chi connectivity index (χ4n) is 2.75. The van der Waals surface area contributed by atoms with Crippen LogP contribution in [0.15, 0.2) is 24.3 Å². The summed E-state index contributed by atoms with van der Waals surface area (Å²) in [5.41, 5.74) is 7.66. The Hall–Kier alpha value is -1.63. The molecule has 0 spiro atoms. The van der Waals surface area contributed by atoms with Crippen LogP contribution in [-0.2, 0) is 16.0 Å². The van der Waals surface area contributed by atoms with Crippen molar-refractivity contribution in [3.63, 3.8) is 0 Å². The number of rotatable bonds is 6. The van der Waals surface area contributed by atoms with Crippen molar-refractivity contribution in [1.29, 1.82) is 0 Å². The fourth-order valence-corrected chi connectivity index (χ4v) is 2.75. The Kier molecular flexibility index (Phi) is 8.74. The van der Waals surface area contributed by atoms with Crippen molar-refractivity contribution in [2.45, 2.75) is 25.3 Å². The van der Waals surface area contributed by atoms with Gasteiger partial charge in [-0.3, -0.25) is 9.59 Å². The molecule has 6 nitrogen and oxygen atoms in total. The van der Waals surface area contributed by atoms with Crippen LogP contribution < -0.4 is 16.4 Å². The molecular formula is C17H26ClN3O3. The maximum Gasteiger partial charge on any atom is 0.251 e. The van der Waals surface area contributed by atoms with Crippen LogP contribution >= 0.6 is 12.4 Å². The van der Waals surface area contributed by atoms with E-state index >= 15 is 0 Å². The minimum atomic E-state index is -0.476. The molecule has 7 heteroatoms. The molecule has 1 fully saturated rings. The highest BCUT2D eigenvalue weighted by Gasteiger charge is 2.26. The maximum absolute atomic E-state index is 12.1. The summed E-state index contributed by atoms with van der Waals surface area (Å²) in [5.74, 6) is -0.0305. The first kappa shape index (κ1) is 20.4. The van der Waals surface area contributed by atoms with Crippen molar-refractivity contribution in [2.24, 2.45) is 11.7 Å². The zero-order valence-electron chi connectivity index (χ0n) is 13.9. The van der Waals surface area contributed by atoms with Gasteiger partial charge in [0.2, 0.25) is 5.91 Å². The highest BCUT2D eigenvalue weighted by molar-refractivity contribution is 5.94. The molecule has 1 unspecified atom stereocenters. The van der Waals surface area contributed by atoms with Gasteiger partial charge in [-0.1, -0.05) is 12.1 Å². The lowest BCUT2D eigenvalue weighted by atomic mass is 9.92. The number of amides is 2. The number of hydrogen-bond donors (Lipinski definition) is 3. The molecule has 0 saturated carbocycles. The second-order valence-electron chi connectivity index (χ2n) is 5.80. The highest BCUT2D eigenvalue weighted by Crippen LogP contribution is 2.17. The molecule has 4 N–H and O–H groups in total. The molecule has 1 heterocycles. The van der Waals surface area contributed by atoms with Crippen molar-refractivity contribution < 1.29 is 14.3 Å².